The van der Waals surface area contributed by atoms with E-state index in [4.69, 9.17) is 4.74 Å². The van der Waals surface area contributed by atoms with Crippen molar-refractivity contribution in [3.63, 3.8) is 0 Å². The Morgan fingerprint density at radius 2 is 1.64 bits per heavy atom. The van der Waals surface area contributed by atoms with Crippen LogP contribution in [0, 0.1) is 0 Å². The van der Waals surface area contributed by atoms with Crippen molar-refractivity contribution in [3.05, 3.63) is 24.3 Å². The molecule has 0 radical (unpaired) electrons. The van der Waals surface area contributed by atoms with Crippen LogP contribution in [0.3, 0.4) is 0 Å². The highest BCUT2D eigenvalue weighted by atomic mass is 16.6. The van der Waals surface area contributed by atoms with Crippen LogP contribution in [-0.2, 0) is 9.53 Å². The summed E-state index contributed by atoms with van der Waals surface area (Å²) in [5, 5.41) is 3.19. The number of esters is 1. The maximum atomic E-state index is 11.7. The van der Waals surface area contributed by atoms with Gasteiger partial charge in [-0.1, -0.05) is 63.3 Å². The molecule has 0 aromatic rings. The monoisotopic (exact) mass is 349 g/mol. The van der Waals surface area contributed by atoms with Crippen molar-refractivity contribution < 1.29 is 9.53 Å². The third-order valence-corrected chi connectivity index (χ3v) is 4.62. The average molecular weight is 350 g/mol. The molecule has 0 saturated carbocycles. The van der Waals surface area contributed by atoms with Crippen molar-refractivity contribution >= 4 is 5.97 Å². The maximum absolute atomic E-state index is 11.7. The normalized spacial score (nSPS) is 17.7. The van der Waals surface area contributed by atoms with E-state index in [1.54, 1.807) is 0 Å². The van der Waals surface area contributed by atoms with Gasteiger partial charge in [0.25, 0.3) is 0 Å². The number of unbranched alkanes of at least 4 members (excludes halogenated alkanes) is 8. The first kappa shape index (κ1) is 22.0. The molecule has 1 aliphatic rings. The van der Waals surface area contributed by atoms with Gasteiger partial charge in [-0.15, -0.1) is 0 Å². The number of nitrogens with one attached hydrogen (secondary N) is 1. The van der Waals surface area contributed by atoms with Crippen molar-refractivity contribution in [2.75, 3.05) is 6.54 Å². The summed E-state index contributed by atoms with van der Waals surface area (Å²) < 4.78 is 5.37. The lowest BCUT2D eigenvalue weighted by atomic mass is 10.1. The van der Waals surface area contributed by atoms with Crippen LogP contribution < -0.4 is 5.32 Å². The standard InChI is InChI=1S/C22H39NO2/c1-2-3-4-5-6-7-8-9-10-11-12-13-14-15-16-19-22(24)25-21-18-17-20-23-21/h6-7,9-10,21,23H,2-5,8,11-20H2,1H3. The van der Waals surface area contributed by atoms with Gasteiger partial charge in [-0.2, -0.15) is 0 Å². The summed E-state index contributed by atoms with van der Waals surface area (Å²) in [6.07, 6.45) is 25.1. The molecule has 3 heteroatoms. The fraction of sp³-hybridized carbons (Fsp3) is 0.773. The van der Waals surface area contributed by atoms with Crippen molar-refractivity contribution in [2.24, 2.45) is 0 Å². The number of ether oxygens (including phenoxy) is 1. The van der Waals surface area contributed by atoms with Gasteiger partial charge >= 0.3 is 5.97 Å². The highest BCUT2D eigenvalue weighted by Crippen LogP contribution is 2.11. The van der Waals surface area contributed by atoms with Crippen LogP contribution in [0.25, 0.3) is 0 Å². The second-order valence-corrected chi connectivity index (χ2v) is 7.06. The summed E-state index contributed by atoms with van der Waals surface area (Å²) in [5.41, 5.74) is 0. The summed E-state index contributed by atoms with van der Waals surface area (Å²) in [5.74, 6) is -0.0370. The number of hydrogen-bond donors (Lipinski definition) is 1. The number of carbonyl (C=O) groups excluding carboxylic acids is 1. The Bertz CT molecular complexity index is 370. The Balaban J connectivity index is 1.80. The molecule has 0 aromatic carbocycles. The van der Waals surface area contributed by atoms with Gasteiger partial charge in [-0.3, -0.25) is 10.1 Å². The van der Waals surface area contributed by atoms with E-state index < -0.39 is 0 Å². The van der Waals surface area contributed by atoms with Crippen molar-refractivity contribution in [3.8, 4) is 0 Å². The maximum Gasteiger partial charge on any atom is 0.307 e. The molecular formula is C22H39NO2. The predicted octanol–water partition coefficient (Wildman–Crippen LogP) is 6.05. The first-order chi connectivity index (χ1) is 12.3. The number of rotatable bonds is 15. The fourth-order valence-electron chi connectivity index (χ4n) is 3.05. The van der Waals surface area contributed by atoms with Crippen LogP contribution in [-0.4, -0.2) is 18.7 Å². The summed E-state index contributed by atoms with van der Waals surface area (Å²) in [7, 11) is 0. The second kappa shape index (κ2) is 16.4. The largest absolute Gasteiger partial charge is 0.447 e. The Morgan fingerprint density at radius 3 is 2.32 bits per heavy atom. The van der Waals surface area contributed by atoms with Gasteiger partial charge in [-0.25, -0.2) is 0 Å². The zero-order valence-corrected chi connectivity index (χ0v) is 16.3. The first-order valence-corrected chi connectivity index (χ1v) is 10.6. The topological polar surface area (TPSA) is 38.3 Å². The van der Waals surface area contributed by atoms with Crippen LogP contribution in [0.2, 0.25) is 0 Å². The van der Waals surface area contributed by atoms with Gasteiger partial charge < -0.3 is 4.74 Å². The predicted molar refractivity (Wildman–Crippen MR) is 106 cm³/mol. The third-order valence-electron chi connectivity index (χ3n) is 4.62. The molecule has 1 rings (SSSR count). The van der Waals surface area contributed by atoms with E-state index in [9.17, 15) is 4.79 Å². The lowest BCUT2D eigenvalue weighted by Gasteiger charge is -2.11. The Labute approximate surface area is 155 Å². The van der Waals surface area contributed by atoms with Crippen LogP contribution in [0.4, 0.5) is 0 Å². The minimum Gasteiger partial charge on any atom is -0.447 e. The van der Waals surface area contributed by atoms with Crippen LogP contribution in [0.5, 0.6) is 0 Å². The SMILES string of the molecule is CCCCCC=CCC=CCCCCCCCC(=O)OC1CCCN1. The van der Waals surface area contributed by atoms with Crippen LogP contribution in [0.1, 0.15) is 96.8 Å². The number of allylic oxidation sites excluding steroid dienone is 4. The van der Waals surface area contributed by atoms with Gasteiger partial charge in [0.2, 0.25) is 0 Å². The van der Waals surface area contributed by atoms with Gasteiger partial charge in [0.05, 0.1) is 0 Å². The van der Waals surface area contributed by atoms with Gasteiger partial charge in [-0.05, 0) is 57.9 Å². The van der Waals surface area contributed by atoms with Crippen LogP contribution in [0.15, 0.2) is 24.3 Å². The quantitative estimate of drug-likeness (QED) is 0.222. The summed E-state index contributed by atoms with van der Waals surface area (Å²) >= 11 is 0. The van der Waals surface area contributed by atoms with E-state index in [2.05, 4.69) is 36.5 Å². The molecule has 0 aromatic heterocycles. The zero-order chi connectivity index (χ0) is 18.0. The Hall–Kier alpha value is -1.09. The van der Waals surface area contributed by atoms with Crippen LogP contribution >= 0.6 is 0 Å². The Morgan fingerprint density at radius 1 is 0.960 bits per heavy atom. The van der Waals surface area contributed by atoms with E-state index in [-0.39, 0.29) is 12.2 Å². The van der Waals surface area contributed by atoms with E-state index in [1.165, 1.54) is 51.4 Å². The van der Waals surface area contributed by atoms with Gasteiger partial charge in [0.1, 0.15) is 0 Å². The summed E-state index contributed by atoms with van der Waals surface area (Å²) in [4.78, 5) is 11.7. The van der Waals surface area contributed by atoms with Gasteiger partial charge in [0.15, 0.2) is 6.23 Å². The number of carbonyl (C=O) groups is 1. The van der Waals surface area contributed by atoms with Crippen molar-refractivity contribution in [1.82, 2.24) is 5.32 Å². The minimum atomic E-state index is -0.0370. The molecule has 3 nitrogen and oxygen atoms in total. The zero-order valence-electron chi connectivity index (χ0n) is 16.3. The second-order valence-electron chi connectivity index (χ2n) is 7.06. The highest BCUT2D eigenvalue weighted by molar-refractivity contribution is 5.69. The average Bonchev–Trinajstić information content (AvgIpc) is 3.11. The smallest absolute Gasteiger partial charge is 0.307 e. The minimum absolute atomic E-state index is 0.0227. The molecular weight excluding hydrogens is 310 g/mol. The highest BCUT2D eigenvalue weighted by Gasteiger charge is 2.17. The lowest BCUT2D eigenvalue weighted by Crippen LogP contribution is -2.27. The lowest BCUT2D eigenvalue weighted by molar-refractivity contribution is -0.149. The summed E-state index contributed by atoms with van der Waals surface area (Å²) in [6, 6.07) is 0. The third kappa shape index (κ3) is 13.8. The molecule has 1 atom stereocenters. The molecule has 144 valence electrons. The molecule has 1 fully saturated rings. The molecule has 1 unspecified atom stereocenters. The molecule has 0 aliphatic carbocycles. The molecule has 1 saturated heterocycles. The fourth-order valence-corrected chi connectivity index (χ4v) is 3.05. The van der Waals surface area contributed by atoms with E-state index in [0.717, 1.165) is 38.6 Å². The molecule has 0 spiro atoms. The van der Waals surface area contributed by atoms with Crippen molar-refractivity contribution in [1.29, 1.82) is 0 Å². The first-order valence-electron chi connectivity index (χ1n) is 10.6. The molecule has 1 heterocycles. The Kier molecular flexibility index (Phi) is 14.4. The van der Waals surface area contributed by atoms with Crippen molar-refractivity contribution in [2.45, 2.75) is 103 Å². The van der Waals surface area contributed by atoms with Gasteiger partial charge in [0, 0.05) is 6.42 Å². The molecule has 1 N–H and O–H groups in total. The summed E-state index contributed by atoms with van der Waals surface area (Å²) in [6.45, 7) is 3.22. The molecule has 25 heavy (non-hydrogen) atoms. The molecule has 0 bridgehead atoms. The van der Waals surface area contributed by atoms with E-state index in [1.807, 2.05) is 0 Å². The van der Waals surface area contributed by atoms with E-state index in [0.29, 0.717) is 6.42 Å². The molecule has 1 aliphatic heterocycles. The number of hydrogen-bond acceptors (Lipinski definition) is 3. The molecule has 0 amide bonds. The van der Waals surface area contributed by atoms with E-state index >= 15 is 0 Å².